The van der Waals surface area contributed by atoms with E-state index < -0.39 is 24.2 Å². The molecule has 0 aliphatic carbocycles. The van der Waals surface area contributed by atoms with Crippen molar-refractivity contribution in [2.75, 3.05) is 36.0 Å². The molecule has 5 rings (SSSR count). The average Bonchev–Trinajstić information content (AvgIpc) is 3.11. The highest BCUT2D eigenvalue weighted by atomic mass is 19.4. The van der Waals surface area contributed by atoms with Gasteiger partial charge in [0.25, 0.3) is 0 Å². The molecule has 2 aliphatic rings. The maximum absolute atomic E-state index is 13.3. The first kappa shape index (κ1) is 23.7. The number of aryl methyl sites for hydroxylation is 1. The van der Waals surface area contributed by atoms with Crippen LogP contribution < -0.4 is 9.80 Å². The molecule has 0 aromatic heterocycles. The first-order chi connectivity index (χ1) is 16.7. The minimum atomic E-state index is -4.66. The molecule has 3 nitrogen and oxygen atoms in total. The molecule has 2 heterocycles. The maximum Gasteiger partial charge on any atom is 0.416 e. The second-order valence-corrected chi connectivity index (χ2v) is 10.3. The Labute approximate surface area is 204 Å². The van der Waals surface area contributed by atoms with Crippen LogP contribution in [0.25, 0.3) is 0 Å². The van der Waals surface area contributed by atoms with Crippen LogP contribution in [0.5, 0.6) is 0 Å². The molecule has 2 aliphatic heterocycles. The van der Waals surface area contributed by atoms with Crippen LogP contribution >= 0.6 is 0 Å². The molecule has 1 saturated heterocycles. The van der Waals surface area contributed by atoms with Gasteiger partial charge in [0.05, 0.1) is 6.54 Å². The number of alkyl halides is 3. The second-order valence-electron chi connectivity index (χ2n) is 10.3. The van der Waals surface area contributed by atoms with Crippen molar-refractivity contribution < 1.29 is 18.3 Å². The molecule has 2 atom stereocenters. The largest absolute Gasteiger partial charge is 0.416 e. The van der Waals surface area contributed by atoms with Gasteiger partial charge < -0.3 is 14.9 Å². The second kappa shape index (κ2) is 8.90. The van der Waals surface area contributed by atoms with Crippen LogP contribution in [0.2, 0.25) is 0 Å². The molecule has 1 N–H and O–H groups in total. The van der Waals surface area contributed by atoms with Gasteiger partial charge in [0, 0.05) is 36.4 Å². The van der Waals surface area contributed by atoms with E-state index >= 15 is 0 Å². The summed E-state index contributed by atoms with van der Waals surface area (Å²) in [5.41, 5.74) is 5.75. The van der Waals surface area contributed by atoms with Gasteiger partial charge in [0.15, 0.2) is 6.10 Å². The van der Waals surface area contributed by atoms with Gasteiger partial charge in [-0.25, -0.2) is 0 Å². The average molecular weight is 481 g/mol. The molecule has 0 radical (unpaired) electrons. The van der Waals surface area contributed by atoms with E-state index in [0.29, 0.717) is 18.9 Å². The van der Waals surface area contributed by atoms with Crippen molar-refractivity contribution >= 4 is 11.4 Å². The topological polar surface area (TPSA) is 26.7 Å². The minimum Gasteiger partial charge on any atom is -0.382 e. The molecule has 1 unspecified atom stereocenters. The molecule has 0 spiro atoms. The molecule has 35 heavy (non-hydrogen) atoms. The summed E-state index contributed by atoms with van der Waals surface area (Å²) < 4.78 is 40.0. The maximum atomic E-state index is 13.3. The highest BCUT2D eigenvalue weighted by molar-refractivity contribution is 5.68. The van der Waals surface area contributed by atoms with Crippen molar-refractivity contribution in [2.45, 2.75) is 38.0 Å². The summed E-state index contributed by atoms with van der Waals surface area (Å²) in [6, 6.07) is 24.5. The number of aliphatic hydroxyl groups excluding tert-OH is 1. The van der Waals surface area contributed by atoms with Gasteiger partial charge in [-0.1, -0.05) is 67.1 Å². The number of nitrogens with zero attached hydrogens (tertiary/aromatic N) is 2. The summed E-state index contributed by atoms with van der Waals surface area (Å²) >= 11 is 0. The van der Waals surface area contributed by atoms with E-state index in [1.54, 1.807) is 4.90 Å². The Balaban J connectivity index is 1.61. The zero-order valence-corrected chi connectivity index (χ0v) is 20.1. The normalized spacial score (nSPS) is 21.1. The first-order valence-electron chi connectivity index (χ1n) is 12.2. The van der Waals surface area contributed by atoms with Gasteiger partial charge in [0.2, 0.25) is 0 Å². The number of hydrogen-bond acceptors (Lipinski definition) is 3. The van der Waals surface area contributed by atoms with Crippen molar-refractivity contribution in [1.29, 1.82) is 0 Å². The lowest BCUT2D eigenvalue weighted by molar-refractivity contribution is -0.200. The summed E-state index contributed by atoms with van der Waals surface area (Å²) in [5.74, 6) is 0.659. The molecule has 184 valence electrons. The molecular formula is C29H31F3N2O. The van der Waals surface area contributed by atoms with E-state index in [4.69, 9.17) is 0 Å². The Hall–Kier alpha value is -2.99. The summed E-state index contributed by atoms with van der Waals surface area (Å²) in [4.78, 5) is 4.06. The fourth-order valence-electron chi connectivity index (χ4n) is 5.71. The van der Waals surface area contributed by atoms with Gasteiger partial charge in [0.1, 0.15) is 0 Å². The Morgan fingerprint density at radius 1 is 1.00 bits per heavy atom. The summed E-state index contributed by atoms with van der Waals surface area (Å²) in [6.45, 7) is 6.18. The number of rotatable bonds is 6. The van der Waals surface area contributed by atoms with Crippen LogP contribution in [-0.2, 0) is 11.8 Å². The predicted molar refractivity (Wildman–Crippen MR) is 134 cm³/mol. The van der Waals surface area contributed by atoms with E-state index in [0.717, 1.165) is 46.7 Å². The number of fused-ring (bicyclic) bond motifs is 1. The lowest BCUT2D eigenvalue weighted by atomic mass is 9.71. The predicted octanol–water partition coefficient (Wildman–Crippen LogP) is 5.72. The number of benzene rings is 3. The first-order valence-corrected chi connectivity index (χ1v) is 12.2. The van der Waals surface area contributed by atoms with Crippen molar-refractivity contribution in [3.05, 3.63) is 95.1 Å². The van der Waals surface area contributed by atoms with Gasteiger partial charge in [-0.2, -0.15) is 13.2 Å². The van der Waals surface area contributed by atoms with Crippen LogP contribution in [0.3, 0.4) is 0 Å². The highest BCUT2D eigenvalue weighted by Crippen LogP contribution is 2.48. The smallest absolute Gasteiger partial charge is 0.382 e. The lowest BCUT2D eigenvalue weighted by Crippen LogP contribution is -2.45. The third kappa shape index (κ3) is 4.52. The van der Waals surface area contributed by atoms with E-state index in [-0.39, 0.29) is 0 Å². The van der Waals surface area contributed by atoms with Crippen molar-refractivity contribution in [2.24, 2.45) is 5.92 Å². The SMILES string of the molecule is Cc1cccc(CC2(c3cccc(N4CC(C)C4)c3)CN(C[C@@H](O)C(F)(F)F)c3ccccc32)c1. The van der Waals surface area contributed by atoms with Gasteiger partial charge in [-0.3, -0.25) is 0 Å². The fraction of sp³-hybridized carbons (Fsp3) is 0.379. The quantitative estimate of drug-likeness (QED) is 0.489. The summed E-state index contributed by atoms with van der Waals surface area (Å²) in [6.07, 6.45) is -6.41. The van der Waals surface area contributed by atoms with Crippen molar-refractivity contribution in [3.63, 3.8) is 0 Å². The van der Waals surface area contributed by atoms with E-state index in [1.807, 2.05) is 30.3 Å². The number of hydrogen-bond donors (Lipinski definition) is 1. The molecular weight excluding hydrogens is 449 g/mol. The number of β-amino-alcohol motifs (C(OH)–C–C–N with tert-alkyl or cyclic N) is 1. The zero-order chi connectivity index (χ0) is 24.8. The van der Waals surface area contributed by atoms with Crippen LogP contribution in [0, 0.1) is 12.8 Å². The van der Waals surface area contributed by atoms with E-state index in [9.17, 15) is 18.3 Å². The number of para-hydroxylation sites is 1. The molecule has 0 saturated carbocycles. The van der Waals surface area contributed by atoms with E-state index in [2.05, 4.69) is 61.2 Å². The number of halogens is 3. The van der Waals surface area contributed by atoms with Gasteiger partial charge in [-0.15, -0.1) is 0 Å². The highest BCUT2D eigenvalue weighted by Gasteiger charge is 2.47. The van der Waals surface area contributed by atoms with E-state index in [1.165, 1.54) is 0 Å². The standard InChI is InChI=1S/C29H31F3N2O/c1-20-7-5-8-22(13-20)15-28(23-9-6-10-24(14-23)33-16-21(2)17-33)19-34(18-27(35)29(30,31)32)26-12-4-3-11-25(26)28/h3-14,21,27,35H,15-19H2,1-2H3/t27-,28?/m1/s1. The molecule has 3 aromatic rings. The number of aliphatic hydroxyl groups is 1. The fourth-order valence-corrected chi connectivity index (χ4v) is 5.71. The zero-order valence-electron chi connectivity index (χ0n) is 20.1. The van der Waals surface area contributed by atoms with Gasteiger partial charge in [-0.05, 0) is 54.2 Å². The van der Waals surface area contributed by atoms with Crippen LogP contribution in [0.15, 0.2) is 72.8 Å². The van der Waals surface area contributed by atoms with Crippen LogP contribution in [-0.4, -0.2) is 43.6 Å². The Bertz CT molecular complexity index is 1200. The number of anilines is 2. The lowest BCUT2D eigenvalue weighted by Gasteiger charge is -2.40. The third-order valence-corrected chi connectivity index (χ3v) is 7.41. The molecule has 1 fully saturated rings. The monoisotopic (exact) mass is 480 g/mol. The minimum absolute atomic E-state index is 0.368. The Morgan fingerprint density at radius 3 is 2.46 bits per heavy atom. The van der Waals surface area contributed by atoms with Crippen molar-refractivity contribution in [3.8, 4) is 0 Å². The summed E-state index contributed by atoms with van der Waals surface area (Å²) in [5, 5.41) is 9.95. The molecule has 0 amide bonds. The third-order valence-electron chi connectivity index (χ3n) is 7.41. The summed E-state index contributed by atoms with van der Waals surface area (Å²) in [7, 11) is 0. The molecule has 6 heteroatoms. The Kier molecular flexibility index (Phi) is 6.04. The van der Waals surface area contributed by atoms with Crippen LogP contribution in [0.4, 0.5) is 24.5 Å². The Morgan fingerprint density at radius 2 is 1.74 bits per heavy atom. The molecule has 0 bridgehead atoms. The van der Waals surface area contributed by atoms with Gasteiger partial charge >= 0.3 is 6.18 Å². The molecule has 3 aromatic carbocycles. The van der Waals surface area contributed by atoms with Crippen molar-refractivity contribution in [1.82, 2.24) is 0 Å². The van der Waals surface area contributed by atoms with Crippen LogP contribution in [0.1, 0.15) is 29.2 Å².